The zero-order chi connectivity index (χ0) is 18.1. The summed E-state index contributed by atoms with van der Waals surface area (Å²) in [6, 6.07) is 8.41. The molecular formula is C22H33NO3. The Morgan fingerprint density at radius 2 is 1.58 bits per heavy atom. The lowest BCUT2D eigenvalue weighted by molar-refractivity contribution is -0.0773. The standard InChI is InChI=1S/C22H33NO3/c24-16-10-6-4-2-1-3-5-9-14-22(21-25-17-18-26-21)15-13-19-11-7-8-12-20(19)23-22/h7-8,11-13,15,21,23-24H,1-6,9-10,14,16-18H2. The van der Waals surface area contributed by atoms with Crippen LogP contribution in [-0.4, -0.2) is 36.8 Å². The second-order valence-corrected chi connectivity index (χ2v) is 7.46. The topological polar surface area (TPSA) is 50.7 Å². The number of hydrogen-bond acceptors (Lipinski definition) is 4. The van der Waals surface area contributed by atoms with Crippen LogP contribution in [0.1, 0.15) is 63.4 Å². The van der Waals surface area contributed by atoms with Crippen LogP contribution in [0.5, 0.6) is 0 Å². The van der Waals surface area contributed by atoms with E-state index in [2.05, 4.69) is 41.7 Å². The highest BCUT2D eigenvalue weighted by atomic mass is 16.7. The van der Waals surface area contributed by atoms with E-state index in [1.165, 1.54) is 44.1 Å². The van der Waals surface area contributed by atoms with Crippen LogP contribution in [0.2, 0.25) is 0 Å². The summed E-state index contributed by atoms with van der Waals surface area (Å²) >= 11 is 0. The van der Waals surface area contributed by atoms with E-state index in [0.717, 1.165) is 24.9 Å². The van der Waals surface area contributed by atoms with Gasteiger partial charge in [0.25, 0.3) is 0 Å². The molecule has 1 atom stereocenters. The Morgan fingerprint density at radius 3 is 2.31 bits per heavy atom. The predicted octanol–water partition coefficient (Wildman–Crippen LogP) is 4.74. The number of ether oxygens (including phenoxy) is 2. The van der Waals surface area contributed by atoms with Crippen molar-refractivity contribution in [1.29, 1.82) is 0 Å². The van der Waals surface area contributed by atoms with Gasteiger partial charge in [-0.25, -0.2) is 0 Å². The molecule has 1 aromatic carbocycles. The summed E-state index contributed by atoms with van der Waals surface area (Å²) in [5, 5.41) is 12.5. The molecule has 1 aromatic rings. The summed E-state index contributed by atoms with van der Waals surface area (Å²) in [5.41, 5.74) is 2.13. The zero-order valence-corrected chi connectivity index (χ0v) is 15.8. The summed E-state index contributed by atoms with van der Waals surface area (Å²) in [7, 11) is 0. The van der Waals surface area contributed by atoms with Gasteiger partial charge in [-0.2, -0.15) is 0 Å². The third-order valence-electron chi connectivity index (χ3n) is 5.43. The average Bonchev–Trinajstić information content (AvgIpc) is 3.22. The first-order chi connectivity index (χ1) is 12.8. The first-order valence-corrected chi connectivity index (χ1v) is 10.2. The number of unbranched alkanes of at least 4 members (excludes halogenated alkanes) is 7. The SMILES string of the molecule is OCCCCCCCCCCC1(C2OCCO2)C=Cc2ccccc2N1. The van der Waals surface area contributed by atoms with Gasteiger partial charge in [0.05, 0.1) is 13.2 Å². The van der Waals surface area contributed by atoms with Crippen molar-refractivity contribution in [3.05, 3.63) is 35.9 Å². The van der Waals surface area contributed by atoms with Crippen molar-refractivity contribution in [2.75, 3.05) is 25.1 Å². The number of rotatable bonds is 11. The van der Waals surface area contributed by atoms with Crippen molar-refractivity contribution in [3.63, 3.8) is 0 Å². The Hall–Kier alpha value is -1.36. The molecule has 0 amide bonds. The van der Waals surface area contributed by atoms with E-state index < -0.39 is 0 Å². The normalized spacial score (nSPS) is 22.3. The minimum atomic E-state index is -0.258. The van der Waals surface area contributed by atoms with Crippen LogP contribution in [-0.2, 0) is 9.47 Å². The van der Waals surface area contributed by atoms with Crippen LogP contribution in [0.25, 0.3) is 6.08 Å². The Bertz CT molecular complexity index is 568. The number of benzene rings is 1. The second-order valence-electron chi connectivity index (χ2n) is 7.46. The highest BCUT2D eigenvalue weighted by molar-refractivity contribution is 5.72. The van der Waals surface area contributed by atoms with Gasteiger partial charge in [-0.15, -0.1) is 0 Å². The molecule has 4 nitrogen and oxygen atoms in total. The lowest BCUT2D eigenvalue weighted by atomic mass is 9.86. The molecule has 2 aliphatic rings. The van der Waals surface area contributed by atoms with Crippen LogP contribution in [0.3, 0.4) is 0 Å². The third-order valence-corrected chi connectivity index (χ3v) is 5.43. The van der Waals surface area contributed by atoms with Crippen molar-refractivity contribution < 1.29 is 14.6 Å². The largest absolute Gasteiger partial charge is 0.396 e. The molecular weight excluding hydrogens is 326 g/mol. The van der Waals surface area contributed by atoms with Gasteiger partial charge < -0.3 is 19.9 Å². The van der Waals surface area contributed by atoms with Gasteiger partial charge in [-0.1, -0.05) is 75.3 Å². The minimum Gasteiger partial charge on any atom is -0.396 e. The maximum absolute atomic E-state index is 8.81. The van der Waals surface area contributed by atoms with Crippen molar-refractivity contribution in [3.8, 4) is 0 Å². The fourth-order valence-corrected chi connectivity index (χ4v) is 3.93. The molecule has 0 aromatic heterocycles. The summed E-state index contributed by atoms with van der Waals surface area (Å²) in [6.07, 6.45) is 14.9. The Labute approximate surface area is 157 Å². The Kier molecular flexibility index (Phi) is 7.54. The molecule has 2 N–H and O–H groups in total. The molecule has 2 heterocycles. The molecule has 26 heavy (non-hydrogen) atoms. The van der Waals surface area contributed by atoms with Gasteiger partial charge in [0.2, 0.25) is 0 Å². The number of aliphatic hydroxyl groups excluding tert-OH is 1. The van der Waals surface area contributed by atoms with Gasteiger partial charge in [-0.05, 0) is 24.5 Å². The highest BCUT2D eigenvalue weighted by Crippen LogP contribution is 2.36. The van der Waals surface area contributed by atoms with Crippen LogP contribution < -0.4 is 5.32 Å². The Balaban J connectivity index is 1.48. The molecule has 2 aliphatic heterocycles. The van der Waals surface area contributed by atoms with Gasteiger partial charge >= 0.3 is 0 Å². The summed E-state index contributed by atoms with van der Waals surface area (Å²) in [6.45, 7) is 1.69. The fourth-order valence-electron chi connectivity index (χ4n) is 3.93. The van der Waals surface area contributed by atoms with Gasteiger partial charge in [-0.3, -0.25) is 0 Å². The molecule has 0 aliphatic carbocycles. The molecule has 1 saturated heterocycles. The van der Waals surface area contributed by atoms with Gasteiger partial charge in [0.15, 0.2) is 6.29 Å². The monoisotopic (exact) mass is 359 g/mol. The van der Waals surface area contributed by atoms with Gasteiger partial charge in [0.1, 0.15) is 5.54 Å². The summed E-state index contributed by atoms with van der Waals surface area (Å²) < 4.78 is 11.8. The van der Waals surface area contributed by atoms with Gasteiger partial charge in [0, 0.05) is 12.3 Å². The third kappa shape index (κ3) is 5.09. The summed E-state index contributed by atoms with van der Waals surface area (Å²) in [5.74, 6) is 0. The van der Waals surface area contributed by atoms with Crippen molar-refractivity contribution in [2.24, 2.45) is 0 Å². The molecule has 0 bridgehead atoms. The number of nitrogens with one attached hydrogen (secondary N) is 1. The molecule has 144 valence electrons. The maximum atomic E-state index is 8.81. The number of anilines is 1. The molecule has 0 saturated carbocycles. The number of hydrogen-bond donors (Lipinski definition) is 2. The van der Waals surface area contributed by atoms with Crippen molar-refractivity contribution >= 4 is 11.8 Å². The van der Waals surface area contributed by atoms with E-state index in [1.807, 2.05) is 0 Å². The van der Waals surface area contributed by atoms with E-state index in [-0.39, 0.29) is 11.8 Å². The zero-order valence-electron chi connectivity index (χ0n) is 15.8. The van der Waals surface area contributed by atoms with Crippen LogP contribution in [0, 0.1) is 0 Å². The molecule has 0 radical (unpaired) electrons. The summed E-state index contributed by atoms with van der Waals surface area (Å²) in [4.78, 5) is 0. The van der Waals surface area contributed by atoms with E-state index in [0.29, 0.717) is 19.8 Å². The first kappa shape index (κ1) is 19.4. The van der Waals surface area contributed by atoms with Crippen LogP contribution in [0.4, 0.5) is 5.69 Å². The number of aliphatic hydroxyl groups is 1. The Morgan fingerprint density at radius 1 is 0.923 bits per heavy atom. The molecule has 4 heteroatoms. The minimum absolute atomic E-state index is 0.203. The molecule has 3 rings (SSSR count). The maximum Gasteiger partial charge on any atom is 0.184 e. The van der Waals surface area contributed by atoms with E-state index in [1.54, 1.807) is 0 Å². The van der Waals surface area contributed by atoms with E-state index in [9.17, 15) is 0 Å². The smallest absolute Gasteiger partial charge is 0.184 e. The number of para-hydroxylation sites is 1. The second kappa shape index (κ2) is 10.1. The fraction of sp³-hybridized carbons (Fsp3) is 0.636. The molecule has 0 spiro atoms. The van der Waals surface area contributed by atoms with Crippen molar-refractivity contribution in [1.82, 2.24) is 0 Å². The lowest BCUT2D eigenvalue weighted by Crippen LogP contribution is -2.49. The van der Waals surface area contributed by atoms with E-state index >= 15 is 0 Å². The van der Waals surface area contributed by atoms with Crippen molar-refractivity contribution in [2.45, 2.75) is 69.6 Å². The molecule has 1 unspecified atom stereocenters. The first-order valence-electron chi connectivity index (χ1n) is 10.2. The number of fused-ring (bicyclic) bond motifs is 1. The quantitative estimate of drug-likeness (QED) is 0.560. The highest BCUT2D eigenvalue weighted by Gasteiger charge is 2.41. The average molecular weight is 360 g/mol. The molecule has 1 fully saturated rings. The van der Waals surface area contributed by atoms with Crippen LogP contribution in [0.15, 0.2) is 30.3 Å². The van der Waals surface area contributed by atoms with E-state index in [4.69, 9.17) is 14.6 Å². The lowest BCUT2D eigenvalue weighted by Gasteiger charge is -2.39. The predicted molar refractivity (Wildman–Crippen MR) is 106 cm³/mol. The van der Waals surface area contributed by atoms with Crippen LogP contribution >= 0.6 is 0 Å².